The first-order valence-electron chi connectivity index (χ1n) is 9.26. The van der Waals surface area contributed by atoms with E-state index in [-0.39, 0.29) is 18.0 Å². The Kier molecular flexibility index (Phi) is 6.46. The van der Waals surface area contributed by atoms with Gasteiger partial charge in [0, 0.05) is 58.8 Å². The van der Waals surface area contributed by atoms with Crippen molar-refractivity contribution in [3.05, 3.63) is 35.9 Å². The van der Waals surface area contributed by atoms with Crippen molar-refractivity contribution in [2.45, 2.75) is 19.0 Å². The number of rotatable bonds is 4. The van der Waals surface area contributed by atoms with E-state index < -0.39 is 0 Å². The third-order valence-electron chi connectivity index (χ3n) is 4.91. The van der Waals surface area contributed by atoms with Crippen LogP contribution < -0.4 is 5.32 Å². The van der Waals surface area contributed by atoms with Gasteiger partial charge in [0.15, 0.2) is 0 Å². The zero-order valence-corrected chi connectivity index (χ0v) is 15.4. The SMILES string of the molecule is CN(Cc1ccccc1)C(=O)N1CCN(C(=O)CC2COCCN2)CC1. The molecular weight excluding hydrogens is 332 g/mol. The number of morpholine rings is 1. The molecule has 0 aliphatic carbocycles. The van der Waals surface area contributed by atoms with Gasteiger partial charge in [-0.25, -0.2) is 4.79 Å². The smallest absolute Gasteiger partial charge is 0.320 e. The topological polar surface area (TPSA) is 65.1 Å². The van der Waals surface area contributed by atoms with Crippen molar-refractivity contribution in [3.8, 4) is 0 Å². The van der Waals surface area contributed by atoms with Crippen LogP contribution in [0.1, 0.15) is 12.0 Å². The van der Waals surface area contributed by atoms with Crippen LogP contribution in [0.3, 0.4) is 0 Å². The number of amides is 3. The van der Waals surface area contributed by atoms with Crippen LogP contribution in [0.15, 0.2) is 30.3 Å². The maximum Gasteiger partial charge on any atom is 0.320 e. The molecule has 3 rings (SSSR count). The van der Waals surface area contributed by atoms with Gasteiger partial charge in [0.25, 0.3) is 0 Å². The van der Waals surface area contributed by atoms with E-state index in [1.807, 2.05) is 47.2 Å². The van der Waals surface area contributed by atoms with Gasteiger partial charge in [-0.2, -0.15) is 0 Å². The number of hydrogen-bond acceptors (Lipinski definition) is 4. The van der Waals surface area contributed by atoms with Gasteiger partial charge in [-0.3, -0.25) is 4.79 Å². The Bertz CT molecular complexity index is 596. The number of nitrogens with zero attached hydrogens (tertiary/aromatic N) is 3. The van der Waals surface area contributed by atoms with Crippen LogP contribution in [0.4, 0.5) is 4.79 Å². The number of urea groups is 1. The minimum Gasteiger partial charge on any atom is -0.378 e. The van der Waals surface area contributed by atoms with Gasteiger partial charge in [-0.1, -0.05) is 30.3 Å². The molecule has 1 N–H and O–H groups in total. The number of hydrogen-bond donors (Lipinski definition) is 1. The van der Waals surface area contributed by atoms with Crippen LogP contribution >= 0.6 is 0 Å². The van der Waals surface area contributed by atoms with Gasteiger partial charge >= 0.3 is 6.03 Å². The molecule has 142 valence electrons. The third kappa shape index (κ3) is 4.95. The number of carbonyl (C=O) groups excluding carboxylic acids is 2. The standard InChI is InChI=1S/C19H28N4O3/c1-21(14-16-5-3-2-4-6-16)19(25)23-10-8-22(9-11-23)18(24)13-17-15-26-12-7-20-17/h2-6,17,20H,7-15H2,1H3. The van der Waals surface area contributed by atoms with Crippen molar-refractivity contribution in [1.82, 2.24) is 20.0 Å². The molecule has 2 aliphatic heterocycles. The second kappa shape index (κ2) is 9.00. The minimum absolute atomic E-state index is 0.0169. The molecule has 0 aromatic heterocycles. The van der Waals surface area contributed by atoms with Crippen molar-refractivity contribution in [2.24, 2.45) is 0 Å². The van der Waals surface area contributed by atoms with Gasteiger partial charge in [0.2, 0.25) is 5.91 Å². The number of benzene rings is 1. The minimum atomic E-state index is 0.0169. The Hall–Kier alpha value is -2.12. The molecule has 1 aromatic rings. The molecule has 1 unspecified atom stereocenters. The summed E-state index contributed by atoms with van der Waals surface area (Å²) in [6.45, 7) is 5.04. The lowest BCUT2D eigenvalue weighted by Crippen LogP contribution is -2.54. The van der Waals surface area contributed by atoms with Crippen LogP contribution in [0.2, 0.25) is 0 Å². The lowest BCUT2D eigenvalue weighted by Gasteiger charge is -2.37. The first kappa shape index (κ1) is 18.7. The molecular formula is C19H28N4O3. The lowest BCUT2D eigenvalue weighted by molar-refractivity contribution is -0.133. The first-order valence-corrected chi connectivity index (χ1v) is 9.26. The normalized spacial score (nSPS) is 20.7. The van der Waals surface area contributed by atoms with E-state index in [2.05, 4.69) is 5.32 Å². The Balaban J connectivity index is 1.43. The maximum atomic E-state index is 12.6. The molecule has 0 radical (unpaired) electrons. The number of carbonyl (C=O) groups is 2. The summed E-state index contributed by atoms with van der Waals surface area (Å²) in [4.78, 5) is 30.5. The zero-order valence-electron chi connectivity index (χ0n) is 15.4. The van der Waals surface area contributed by atoms with Crippen molar-refractivity contribution >= 4 is 11.9 Å². The molecule has 0 bridgehead atoms. The van der Waals surface area contributed by atoms with E-state index >= 15 is 0 Å². The quantitative estimate of drug-likeness (QED) is 0.861. The van der Waals surface area contributed by atoms with Gasteiger partial charge in [-0.05, 0) is 5.56 Å². The van der Waals surface area contributed by atoms with Crippen molar-refractivity contribution in [1.29, 1.82) is 0 Å². The average molecular weight is 360 g/mol. The van der Waals surface area contributed by atoms with Crippen LogP contribution in [-0.4, -0.2) is 85.7 Å². The molecule has 7 nitrogen and oxygen atoms in total. The van der Waals surface area contributed by atoms with Gasteiger partial charge in [0.05, 0.1) is 13.2 Å². The summed E-state index contributed by atoms with van der Waals surface area (Å²) in [6.07, 6.45) is 0.460. The molecule has 3 amide bonds. The highest BCUT2D eigenvalue weighted by molar-refractivity contribution is 5.78. The van der Waals surface area contributed by atoms with Crippen LogP contribution in [-0.2, 0) is 16.1 Å². The Labute approximate surface area is 154 Å². The summed E-state index contributed by atoms with van der Waals surface area (Å²) >= 11 is 0. The predicted octanol–water partition coefficient (Wildman–Crippen LogP) is 0.761. The Morgan fingerprint density at radius 3 is 2.50 bits per heavy atom. The fraction of sp³-hybridized carbons (Fsp3) is 0.579. The van der Waals surface area contributed by atoms with Crippen molar-refractivity contribution < 1.29 is 14.3 Å². The molecule has 2 saturated heterocycles. The molecule has 2 fully saturated rings. The largest absolute Gasteiger partial charge is 0.378 e. The monoisotopic (exact) mass is 360 g/mol. The fourth-order valence-corrected chi connectivity index (χ4v) is 3.40. The van der Waals surface area contributed by atoms with Crippen LogP contribution in [0.25, 0.3) is 0 Å². The Morgan fingerprint density at radius 1 is 1.15 bits per heavy atom. The molecule has 2 aliphatic rings. The molecule has 0 spiro atoms. The maximum absolute atomic E-state index is 12.6. The zero-order chi connectivity index (χ0) is 18.4. The fourth-order valence-electron chi connectivity index (χ4n) is 3.40. The molecule has 1 aromatic carbocycles. The highest BCUT2D eigenvalue weighted by Gasteiger charge is 2.27. The summed E-state index contributed by atoms with van der Waals surface area (Å²) in [7, 11) is 1.82. The number of piperazine rings is 1. The van der Waals surface area contributed by atoms with Gasteiger partial charge in [0.1, 0.15) is 0 Å². The second-order valence-electron chi connectivity index (χ2n) is 6.92. The summed E-state index contributed by atoms with van der Waals surface area (Å²) in [5.41, 5.74) is 1.11. The highest BCUT2D eigenvalue weighted by atomic mass is 16.5. The summed E-state index contributed by atoms with van der Waals surface area (Å²) in [6, 6.07) is 10.1. The van der Waals surface area contributed by atoms with E-state index in [1.54, 1.807) is 4.90 Å². The molecule has 1 atom stereocenters. The van der Waals surface area contributed by atoms with E-state index in [9.17, 15) is 9.59 Å². The van der Waals surface area contributed by atoms with Crippen molar-refractivity contribution in [3.63, 3.8) is 0 Å². The number of nitrogens with one attached hydrogen (secondary N) is 1. The summed E-state index contributed by atoms with van der Waals surface area (Å²) in [5, 5.41) is 3.31. The van der Waals surface area contributed by atoms with E-state index in [4.69, 9.17) is 4.74 Å². The van der Waals surface area contributed by atoms with Gasteiger partial charge < -0.3 is 24.8 Å². The molecule has 0 saturated carbocycles. The van der Waals surface area contributed by atoms with E-state index in [1.165, 1.54) is 0 Å². The summed E-state index contributed by atoms with van der Waals surface area (Å²) in [5.74, 6) is 0.137. The molecule has 26 heavy (non-hydrogen) atoms. The van der Waals surface area contributed by atoms with E-state index in [0.29, 0.717) is 52.4 Å². The predicted molar refractivity (Wildman–Crippen MR) is 98.7 cm³/mol. The molecule has 2 heterocycles. The third-order valence-corrected chi connectivity index (χ3v) is 4.91. The number of ether oxygens (including phenoxy) is 1. The molecule has 7 heteroatoms. The van der Waals surface area contributed by atoms with Crippen LogP contribution in [0, 0.1) is 0 Å². The van der Waals surface area contributed by atoms with Crippen molar-refractivity contribution in [2.75, 3.05) is 53.0 Å². The van der Waals surface area contributed by atoms with Crippen LogP contribution in [0.5, 0.6) is 0 Å². The highest BCUT2D eigenvalue weighted by Crippen LogP contribution is 2.11. The second-order valence-corrected chi connectivity index (χ2v) is 6.92. The Morgan fingerprint density at radius 2 is 1.85 bits per heavy atom. The van der Waals surface area contributed by atoms with E-state index in [0.717, 1.165) is 12.1 Å². The summed E-state index contributed by atoms with van der Waals surface area (Å²) < 4.78 is 5.40. The van der Waals surface area contributed by atoms with Gasteiger partial charge in [-0.15, -0.1) is 0 Å². The average Bonchev–Trinajstić information content (AvgIpc) is 2.69. The first-order chi connectivity index (χ1) is 12.6. The lowest BCUT2D eigenvalue weighted by atomic mass is 10.1.